The number of halogens is 1. The van der Waals surface area contributed by atoms with E-state index in [2.05, 4.69) is 26.2 Å². The smallest absolute Gasteiger partial charge is 0.257 e. The summed E-state index contributed by atoms with van der Waals surface area (Å²) in [6.07, 6.45) is 1.84. The highest BCUT2D eigenvalue weighted by atomic mass is 79.9. The molecule has 0 aliphatic rings. The number of nitrogens with one attached hydrogen (secondary N) is 2. The van der Waals surface area contributed by atoms with Crippen molar-refractivity contribution < 1.29 is 4.79 Å². The molecule has 3 aromatic rings. The number of fused-ring (bicyclic) bond motifs is 1. The number of aryl methyl sites for hydroxylation is 1. The molecule has 0 atom stereocenters. The number of H-pyrrole nitrogens is 1. The fraction of sp³-hybridized carbons (Fsp3) is 0.0625. The van der Waals surface area contributed by atoms with Crippen LogP contribution in [0.5, 0.6) is 0 Å². The topological polar surface area (TPSA) is 44.9 Å². The Hall–Kier alpha value is -2.07. The largest absolute Gasteiger partial charge is 0.361 e. The van der Waals surface area contributed by atoms with Crippen molar-refractivity contribution in [1.29, 1.82) is 0 Å². The predicted octanol–water partition coefficient (Wildman–Crippen LogP) is 4.49. The zero-order chi connectivity index (χ0) is 14.1. The molecule has 0 aliphatic carbocycles. The second-order valence-electron chi connectivity index (χ2n) is 4.66. The monoisotopic (exact) mass is 328 g/mol. The molecule has 0 spiro atoms. The van der Waals surface area contributed by atoms with E-state index < -0.39 is 0 Å². The van der Waals surface area contributed by atoms with Crippen LogP contribution < -0.4 is 5.32 Å². The van der Waals surface area contributed by atoms with E-state index in [1.165, 1.54) is 0 Å². The third kappa shape index (κ3) is 2.34. The minimum absolute atomic E-state index is 0.112. The van der Waals surface area contributed by atoms with Gasteiger partial charge in [-0.15, -0.1) is 0 Å². The van der Waals surface area contributed by atoms with Crippen molar-refractivity contribution in [1.82, 2.24) is 4.98 Å². The Morgan fingerprint density at radius 2 is 2.05 bits per heavy atom. The molecule has 20 heavy (non-hydrogen) atoms. The molecule has 2 N–H and O–H groups in total. The van der Waals surface area contributed by atoms with Crippen LogP contribution in [-0.4, -0.2) is 10.9 Å². The average Bonchev–Trinajstić information content (AvgIpc) is 2.91. The van der Waals surface area contributed by atoms with Crippen LogP contribution in [0.25, 0.3) is 10.9 Å². The van der Waals surface area contributed by atoms with Gasteiger partial charge in [-0.25, -0.2) is 0 Å². The number of carbonyl (C=O) groups excluding carboxylic acids is 1. The summed E-state index contributed by atoms with van der Waals surface area (Å²) in [4.78, 5) is 15.6. The van der Waals surface area contributed by atoms with Crippen molar-refractivity contribution >= 4 is 38.4 Å². The maximum absolute atomic E-state index is 12.4. The van der Waals surface area contributed by atoms with Crippen molar-refractivity contribution in [3.63, 3.8) is 0 Å². The standard InChI is InChI=1S/C16H13BrN2O/c1-10-5-6-12(17)9-14(10)19-16(20)13-4-2-3-11-7-8-18-15(11)13/h2-9,18H,1H3,(H,19,20). The van der Waals surface area contributed by atoms with Crippen LogP contribution in [0.3, 0.4) is 0 Å². The van der Waals surface area contributed by atoms with E-state index in [1.807, 2.05) is 55.6 Å². The van der Waals surface area contributed by atoms with Crippen LogP contribution >= 0.6 is 15.9 Å². The maximum atomic E-state index is 12.4. The van der Waals surface area contributed by atoms with Crippen molar-refractivity contribution in [3.8, 4) is 0 Å². The first-order chi connectivity index (χ1) is 9.65. The molecule has 0 bridgehead atoms. The van der Waals surface area contributed by atoms with Gasteiger partial charge in [0.25, 0.3) is 5.91 Å². The van der Waals surface area contributed by atoms with E-state index in [0.717, 1.165) is 26.6 Å². The summed E-state index contributed by atoms with van der Waals surface area (Å²) >= 11 is 3.42. The summed E-state index contributed by atoms with van der Waals surface area (Å²) in [6.45, 7) is 1.97. The summed E-state index contributed by atoms with van der Waals surface area (Å²) in [5, 5.41) is 3.99. The van der Waals surface area contributed by atoms with E-state index >= 15 is 0 Å². The van der Waals surface area contributed by atoms with Gasteiger partial charge < -0.3 is 10.3 Å². The maximum Gasteiger partial charge on any atom is 0.257 e. The number of benzene rings is 2. The predicted molar refractivity (Wildman–Crippen MR) is 85.1 cm³/mol. The Kier molecular flexibility index (Phi) is 3.32. The number of aromatic amines is 1. The highest BCUT2D eigenvalue weighted by Gasteiger charge is 2.12. The lowest BCUT2D eigenvalue weighted by Crippen LogP contribution is -2.13. The number of anilines is 1. The first-order valence-corrected chi connectivity index (χ1v) is 7.08. The SMILES string of the molecule is Cc1ccc(Br)cc1NC(=O)c1cccc2cc[nH]c12. The van der Waals surface area contributed by atoms with Gasteiger partial charge >= 0.3 is 0 Å². The van der Waals surface area contributed by atoms with Gasteiger partial charge in [-0.1, -0.05) is 34.1 Å². The van der Waals surface area contributed by atoms with E-state index in [-0.39, 0.29) is 5.91 Å². The van der Waals surface area contributed by atoms with Crippen LogP contribution in [0.1, 0.15) is 15.9 Å². The first kappa shape index (κ1) is 12.9. The van der Waals surface area contributed by atoms with Crippen LogP contribution in [0.4, 0.5) is 5.69 Å². The lowest BCUT2D eigenvalue weighted by molar-refractivity contribution is 0.102. The van der Waals surface area contributed by atoms with Gasteiger partial charge in [0.2, 0.25) is 0 Å². The quantitative estimate of drug-likeness (QED) is 0.715. The van der Waals surface area contributed by atoms with Gasteiger partial charge in [0.15, 0.2) is 0 Å². The van der Waals surface area contributed by atoms with Crippen LogP contribution in [0.2, 0.25) is 0 Å². The van der Waals surface area contributed by atoms with Crippen LogP contribution in [0, 0.1) is 6.92 Å². The molecule has 1 amide bonds. The molecule has 3 nitrogen and oxygen atoms in total. The zero-order valence-corrected chi connectivity index (χ0v) is 12.5. The number of carbonyl (C=O) groups is 1. The molecule has 4 heteroatoms. The third-order valence-electron chi connectivity index (χ3n) is 3.28. The van der Waals surface area contributed by atoms with Gasteiger partial charge in [0, 0.05) is 21.7 Å². The number of para-hydroxylation sites is 1. The third-order valence-corrected chi connectivity index (χ3v) is 3.77. The molecule has 0 fully saturated rings. The second kappa shape index (κ2) is 5.13. The zero-order valence-electron chi connectivity index (χ0n) is 10.9. The summed E-state index contributed by atoms with van der Waals surface area (Å²) in [6, 6.07) is 13.5. The minimum atomic E-state index is -0.112. The molecule has 0 unspecified atom stereocenters. The molecule has 1 aromatic heterocycles. The molecule has 0 radical (unpaired) electrons. The Balaban J connectivity index is 1.97. The van der Waals surface area contributed by atoms with Gasteiger partial charge in [-0.2, -0.15) is 0 Å². The summed E-state index contributed by atoms with van der Waals surface area (Å²) in [7, 11) is 0. The van der Waals surface area contributed by atoms with Crippen LogP contribution in [-0.2, 0) is 0 Å². The normalized spacial score (nSPS) is 10.7. The van der Waals surface area contributed by atoms with Gasteiger partial charge in [0.1, 0.15) is 0 Å². The number of amides is 1. The van der Waals surface area contributed by atoms with Gasteiger partial charge in [-0.05, 0) is 36.8 Å². The minimum Gasteiger partial charge on any atom is -0.361 e. The van der Waals surface area contributed by atoms with E-state index in [0.29, 0.717) is 5.56 Å². The first-order valence-electron chi connectivity index (χ1n) is 6.29. The van der Waals surface area contributed by atoms with Crippen molar-refractivity contribution in [2.24, 2.45) is 0 Å². The van der Waals surface area contributed by atoms with E-state index in [4.69, 9.17) is 0 Å². The van der Waals surface area contributed by atoms with Gasteiger partial charge in [-0.3, -0.25) is 4.79 Å². The number of aromatic nitrogens is 1. The molecule has 100 valence electrons. The summed E-state index contributed by atoms with van der Waals surface area (Å²) < 4.78 is 0.941. The van der Waals surface area contributed by atoms with Crippen molar-refractivity contribution in [2.75, 3.05) is 5.32 Å². The average molecular weight is 329 g/mol. The fourth-order valence-electron chi connectivity index (χ4n) is 2.19. The molecule has 0 aliphatic heterocycles. The molecular formula is C16H13BrN2O. The highest BCUT2D eigenvalue weighted by Crippen LogP contribution is 2.23. The van der Waals surface area contributed by atoms with E-state index in [9.17, 15) is 4.79 Å². The lowest BCUT2D eigenvalue weighted by Gasteiger charge is -2.09. The summed E-state index contributed by atoms with van der Waals surface area (Å²) in [5.74, 6) is -0.112. The molecule has 1 heterocycles. The summed E-state index contributed by atoms with van der Waals surface area (Å²) in [5.41, 5.74) is 3.35. The molecular weight excluding hydrogens is 316 g/mol. The molecule has 0 saturated heterocycles. The Bertz CT molecular complexity index is 792. The number of rotatable bonds is 2. The van der Waals surface area contributed by atoms with Crippen LogP contribution in [0.15, 0.2) is 53.1 Å². The molecule has 2 aromatic carbocycles. The molecule has 0 saturated carbocycles. The van der Waals surface area contributed by atoms with Crippen molar-refractivity contribution in [3.05, 3.63) is 64.3 Å². The molecule has 3 rings (SSSR count). The highest BCUT2D eigenvalue weighted by molar-refractivity contribution is 9.10. The lowest BCUT2D eigenvalue weighted by atomic mass is 10.1. The number of hydrogen-bond donors (Lipinski definition) is 2. The van der Waals surface area contributed by atoms with Gasteiger partial charge in [0.05, 0.1) is 11.1 Å². The van der Waals surface area contributed by atoms with Crippen molar-refractivity contribution in [2.45, 2.75) is 6.92 Å². The number of hydrogen-bond acceptors (Lipinski definition) is 1. The Labute approximate surface area is 125 Å². The second-order valence-corrected chi connectivity index (χ2v) is 5.58. The Morgan fingerprint density at radius 3 is 2.90 bits per heavy atom. The Morgan fingerprint density at radius 1 is 1.20 bits per heavy atom. The fourth-order valence-corrected chi connectivity index (χ4v) is 2.55. The van der Waals surface area contributed by atoms with E-state index in [1.54, 1.807) is 0 Å².